The molecule has 0 fully saturated rings. The monoisotopic (exact) mass is 304 g/mol. The van der Waals surface area contributed by atoms with Crippen LogP contribution in [0.15, 0.2) is 24.3 Å². The van der Waals surface area contributed by atoms with Gasteiger partial charge < -0.3 is 20.4 Å². The number of nitrogens with one attached hydrogen (secondary N) is 1. The molecule has 0 radical (unpaired) electrons. The minimum atomic E-state index is -1.12. The van der Waals surface area contributed by atoms with Gasteiger partial charge in [-0.05, 0) is 26.2 Å². The lowest BCUT2D eigenvalue weighted by Gasteiger charge is -2.15. The van der Waals surface area contributed by atoms with Gasteiger partial charge in [-0.3, -0.25) is 0 Å². The number of hydrogen-bond donors (Lipinski definition) is 3. The Kier molecular flexibility index (Phi) is 5.24. The number of para-hydroxylation sites is 1. The van der Waals surface area contributed by atoms with E-state index < -0.39 is 18.6 Å². The summed E-state index contributed by atoms with van der Waals surface area (Å²) < 4.78 is 0. The first-order valence-corrected chi connectivity index (χ1v) is 7.02. The van der Waals surface area contributed by atoms with Gasteiger partial charge in [0.1, 0.15) is 17.7 Å². The SMILES string of the molecule is CN(C)CCc1nc(NC(CO)C(=O)O)c2ccccc2n1. The Labute approximate surface area is 128 Å². The fourth-order valence-electron chi connectivity index (χ4n) is 2.02. The molecule has 0 saturated carbocycles. The Morgan fingerprint density at radius 1 is 1.32 bits per heavy atom. The number of carbonyl (C=O) groups is 1. The molecule has 7 heteroatoms. The molecule has 2 aromatic rings. The van der Waals surface area contributed by atoms with E-state index in [-0.39, 0.29) is 0 Å². The van der Waals surface area contributed by atoms with Crippen LogP contribution >= 0.6 is 0 Å². The van der Waals surface area contributed by atoms with Crippen molar-refractivity contribution in [2.75, 3.05) is 32.6 Å². The van der Waals surface area contributed by atoms with Crippen molar-refractivity contribution in [1.82, 2.24) is 14.9 Å². The van der Waals surface area contributed by atoms with Crippen LogP contribution in [-0.2, 0) is 11.2 Å². The van der Waals surface area contributed by atoms with Gasteiger partial charge in [-0.1, -0.05) is 12.1 Å². The summed E-state index contributed by atoms with van der Waals surface area (Å²) >= 11 is 0. The van der Waals surface area contributed by atoms with E-state index >= 15 is 0 Å². The highest BCUT2D eigenvalue weighted by Gasteiger charge is 2.18. The van der Waals surface area contributed by atoms with Gasteiger partial charge in [0, 0.05) is 18.4 Å². The Balaban J connectivity index is 2.38. The third-order valence-electron chi connectivity index (χ3n) is 3.22. The Morgan fingerprint density at radius 3 is 2.68 bits per heavy atom. The lowest BCUT2D eigenvalue weighted by Crippen LogP contribution is -2.33. The third-order valence-corrected chi connectivity index (χ3v) is 3.22. The summed E-state index contributed by atoms with van der Waals surface area (Å²) in [5.41, 5.74) is 0.746. The Morgan fingerprint density at radius 2 is 2.05 bits per heavy atom. The van der Waals surface area contributed by atoms with Crippen LogP contribution in [0.3, 0.4) is 0 Å². The standard InChI is InChI=1S/C15H20N4O3/c1-19(2)8-7-13-16-11-6-4-3-5-10(11)14(18-13)17-12(9-20)15(21)22/h3-6,12,20H,7-9H2,1-2H3,(H,21,22)(H,16,17,18). The summed E-state index contributed by atoms with van der Waals surface area (Å²) in [6, 6.07) is 6.29. The highest BCUT2D eigenvalue weighted by Crippen LogP contribution is 2.21. The number of aliphatic hydroxyl groups is 1. The number of fused-ring (bicyclic) bond motifs is 1. The summed E-state index contributed by atoms with van der Waals surface area (Å²) in [7, 11) is 3.93. The second kappa shape index (κ2) is 7.15. The number of hydrogen-bond acceptors (Lipinski definition) is 6. The average molecular weight is 304 g/mol. The topological polar surface area (TPSA) is 98.6 Å². The van der Waals surface area contributed by atoms with E-state index in [0.717, 1.165) is 17.4 Å². The molecule has 0 aliphatic carbocycles. The van der Waals surface area contributed by atoms with E-state index in [1.54, 1.807) is 0 Å². The van der Waals surface area contributed by atoms with Gasteiger partial charge in [0.2, 0.25) is 0 Å². The molecule has 22 heavy (non-hydrogen) atoms. The van der Waals surface area contributed by atoms with Crippen molar-refractivity contribution in [3.63, 3.8) is 0 Å². The van der Waals surface area contributed by atoms with Crippen molar-refractivity contribution in [1.29, 1.82) is 0 Å². The zero-order valence-corrected chi connectivity index (χ0v) is 12.7. The number of aliphatic hydroxyl groups excluding tert-OH is 1. The number of aromatic nitrogens is 2. The minimum Gasteiger partial charge on any atom is -0.480 e. The number of carboxylic acid groups (broad SMARTS) is 1. The molecule has 118 valence electrons. The number of likely N-dealkylation sites (N-methyl/N-ethyl adjacent to an activating group) is 1. The molecule has 0 bridgehead atoms. The van der Waals surface area contributed by atoms with Crippen LogP contribution in [0.25, 0.3) is 10.9 Å². The Bertz CT molecular complexity index is 660. The minimum absolute atomic E-state index is 0.431. The van der Waals surface area contributed by atoms with Crippen LogP contribution in [0.2, 0.25) is 0 Å². The van der Waals surface area contributed by atoms with Gasteiger partial charge in [0.15, 0.2) is 0 Å². The predicted molar refractivity (Wildman–Crippen MR) is 83.9 cm³/mol. The molecule has 1 atom stereocenters. The number of carboxylic acids is 1. The molecule has 0 aliphatic rings. The first kappa shape index (κ1) is 16.1. The van der Waals surface area contributed by atoms with Gasteiger partial charge in [0.05, 0.1) is 12.1 Å². The first-order valence-electron chi connectivity index (χ1n) is 7.02. The van der Waals surface area contributed by atoms with Crippen molar-refractivity contribution in [2.24, 2.45) is 0 Å². The van der Waals surface area contributed by atoms with Crippen molar-refractivity contribution >= 4 is 22.7 Å². The lowest BCUT2D eigenvalue weighted by atomic mass is 10.2. The molecule has 1 heterocycles. The second-order valence-electron chi connectivity index (χ2n) is 5.28. The number of nitrogens with zero attached hydrogens (tertiary/aromatic N) is 3. The third kappa shape index (κ3) is 3.90. The highest BCUT2D eigenvalue weighted by molar-refractivity contribution is 5.90. The van der Waals surface area contributed by atoms with Crippen molar-refractivity contribution < 1.29 is 15.0 Å². The normalized spacial score (nSPS) is 12.5. The predicted octanol–water partition coefficient (Wildman–Crippen LogP) is 0.591. The van der Waals surface area contributed by atoms with Gasteiger partial charge in [-0.15, -0.1) is 0 Å². The highest BCUT2D eigenvalue weighted by atomic mass is 16.4. The number of aliphatic carboxylic acids is 1. The smallest absolute Gasteiger partial charge is 0.328 e. The summed E-state index contributed by atoms with van der Waals surface area (Å²) in [5, 5.41) is 21.8. The van der Waals surface area contributed by atoms with Crippen LogP contribution in [0.1, 0.15) is 5.82 Å². The van der Waals surface area contributed by atoms with E-state index in [0.29, 0.717) is 18.1 Å². The van der Waals surface area contributed by atoms with E-state index in [9.17, 15) is 9.90 Å². The van der Waals surface area contributed by atoms with Gasteiger partial charge in [0.25, 0.3) is 0 Å². The fraction of sp³-hybridized carbons (Fsp3) is 0.400. The molecule has 2 rings (SSSR count). The fourth-order valence-corrected chi connectivity index (χ4v) is 2.02. The van der Waals surface area contributed by atoms with Gasteiger partial charge >= 0.3 is 5.97 Å². The lowest BCUT2D eigenvalue weighted by molar-refractivity contribution is -0.138. The average Bonchev–Trinajstić information content (AvgIpc) is 2.50. The molecule has 1 aromatic heterocycles. The quantitative estimate of drug-likeness (QED) is 0.688. The van der Waals surface area contributed by atoms with Crippen LogP contribution < -0.4 is 5.32 Å². The molecule has 0 saturated heterocycles. The molecule has 1 unspecified atom stereocenters. The van der Waals surface area contributed by atoms with E-state index in [2.05, 4.69) is 15.3 Å². The van der Waals surface area contributed by atoms with Crippen LogP contribution in [0, 0.1) is 0 Å². The number of rotatable bonds is 7. The zero-order valence-electron chi connectivity index (χ0n) is 12.7. The number of benzene rings is 1. The molecule has 0 spiro atoms. The summed E-state index contributed by atoms with van der Waals surface area (Å²) in [5.74, 6) is -0.0576. The van der Waals surface area contributed by atoms with Crippen LogP contribution in [-0.4, -0.2) is 64.3 Å². The molecule has 1 aromatic carbocycles. The summed E-state index contributed by atoms with van der Waals surface area (Å²) in [6.07, 6.45) is 0.656. The van der Waals surface area contributed by atoms with Crippen molar-refractivity contribution in [3.05, 3.63) is 30.1 Å². The molecule has 7 nitrogen and oxygen atoms in total. The van der Waals surface area contributed by atoms with Crippen LogP contribution in [0.4, 0.5) is 5.82 Å². The second-order valence-corrected chi connectivity index (χ2v) is 5.28. The molecular formula is C15H20N4O3. The molecule has 0 amide bonds. The first-order chi connectivity index (χ1) is 10.5. The van der Waals surface area contributed by atoms with Crippen molar-refractivity contribution in [2.45, 2.75) is 12.5 Å². The summed E-state index contributed by atoms with van der Waals surface area (Å²) in [6.45, 7) is 0.279. The van der Waals surface area contributed by atoms with Crippen molar-refractivity contribution in [3.8, 4) is 0 Å². The maximum absolute atomic E-state index is 11.1. The van der Waals surface area contributed by atoms with E-state index in [4.69, 9.17) is 5.11 Å². The molecule has 3 N–H and O–H groups in total. The zero-order chi connectivity index (χ0) is 16.1. The van der Waals surface area contributed by atoms with E-state index in [1.165, 1.54) is 0 Å². The Hall–Kier alpha value is -2.25. The van der Waals surface area contributed by atoms with Crippen LogP contribution in [0.5, 0.6) is 0 Å². The number of anilines is 1. The maximum atomic E-state index is 11.1. The van der Waals surface area contributed by atoms with Gasteiger partial charge in [-0.2, -0.15) is 0 Å². The maximum Gasteiger partial charge on any atom is 0.328 e. The van der Waals surface area contributed by atoms with E-state index in [1.807, 2.05) is 43.3 Å². The largest absolute Gasteiger partial charge is 0.480 e. The summed E-state index contributed by atoms with van der Waals surface area (Å²) in [4.78, 5) is 22.0. The van der Waals surface area contributed by atoms with Gasteiger partial charge in [-0.25, -0.2) is 14.8 Å². The molecular weight excluding hydrogens is 284 g/mol. The molecule has 0 aliphatic heterocycles.